The second-order valence-electron chi connectivity index (χ2n) is 6.93. The van der Waals surface area contributed by atoms with Crippen molar-refractivity contribution in [3.8, 4) is 11.4 Å². The lowest BCUT2D eigenvalue weighted by atomic mass is 10.1. The molecule has 0 bridgehead atoms. The van der Waals surface area contributed by atoms with Gasteiger partial charge < -0.3 is 4.98 Å². The summed E-state index contributed by atoms with van der Waals surface area (Å²) < 4.78 is 27.8. The van der Waals surface area contributed by atoms with E-state index < -0.39 is 0 Å². The zero-order chi connectivity index (χ0) is 20.0. The van der Waals surface area contributed by atoms with Crippen molar-refractivity contribution in [1.82, 2.24) is 20.2 Å². The van der Waals surface area contributed by atoms with Gasteiger partial charge in [0.05, 0.1) is 27.8 Å². The number of aromatic nitrogens is 4. The second-order valence-corrected chi connectivity index (χ2v) is 6.93. The molecule has 0 fully saturated rings. The van der Waals surface area contributed by atoms with Gasteiger partial charge in [-0.25, -0.2) is 13.8 Å². The highest BCUT2D eigenvalue weighted by molar-refractivity contribution is 5.93. The van der Waals surface area contributed by atoms with Crippen LogP contribution in [-0.2, 0) is 0 Å². The minimum Gasteiger partial charge on any atom is -0.338 e. The van der Waals surface area contributed by atoms with Gasteiger partial charge in [0.25, 0.3) is 0 Å². The Balaban J connectivity index is 1.60. The highest BCUT2D eigenvalue weighted by Crippen LogP contribution is 2.29. The summed E-state index contributed by atoms with van der Waals surface area (Å²) in [5, 5.41) is 7.91. The van der Waals surface area contributed by atoms with Crippen LogP contribution in [0.25, 0.3) is 45.5 Å². The Kier molecular flexibility index (Phi) is 3.98. The number of rotatable bonds is 3. The highest BCUT2D eigenvalue weighted by Gasteiger charge is 2.15. The van der Waals surface area contributed by atoms with Crippen LogP contribution in [0.5, 0.6) is 0 Å². The quantitative estimate of drug-likeness (QED) is 0.408. The molecule has 0 aliphatic heterocycles. The number of para-hydroxylation sites is 1. The van der Waals surface area contributed by atoms with Gasteiger partial charge in [-0.05, 0) is 48.4 Å². The van der Waals surface area contributed by atoms with Crippen LogP contribution in [-0.4, -0.2) is 20.2 Å². The largest absolute Gasteiger partial charge is 0.338 e. The lowest BCUT2D eigenvalue weighted by molar-refractivity contribution is 0.627. The van der Waals surface area contributed by atoms with Gasteiger partial charge in [0, 0.05) is 11.5 Å². The Morgan fingerprint density at radius 1 is 0.931 bits per heavy atom. The maximum atomic E-state index is 14.8. The van der Waals surface area contributed by atoms with Gasteiger partial charge in [0.1, 0.15) is 17.5 Å². The molecule has 0 unspecified atom stereocenters. The molecule has 0 aliphatic rings. The molecular weight excluding hydrogens is 370 g/mol. The van der Waals surface area contributed by atoms with Gasteiger partial charge in [0.15, 0.2) is 0 Å². The average molecular weight is 386 g/mol. The molecule has 2 N–H and O–H groups in total. The minimum atomic E-state index is -0.382. The molecule has 0 saturated heterocycles. The summed E-state index contributed by atoms with van der Waals surface area (Å²) in [4.78, 5) is 7.78. The number of nitrogens with one attached hydrogen (secondary N) is 2. The van der Waals surface area contributed by atoms with E-state index in [0.29, 0.717) is 22.6 Å². The van der Waals surface area contributed by atoms with E-state index >= 15 is 0 Å². The third kappa shape index (κ3) is 3.08. The van der Waals surface area contributed by atoms with Gasteiger partial charge in [-0.15, -0.1) is 0 Å². The molecule has 2 heterocycles. The molecule has 142 valence electrons. The predicted molar refractivity (Wildman–Crippen MR) is 111 cm³/mol. The Hall–Kier alpha value is -3.80. The number of fused-ring (bicyclic) bond motifs is 2. The zero-order valence-corrected chi connectivity index (χ0v) is 15.5. The first-order valence-electron chi connectivity index (χ1n) is 9.15. The van der Waals surface area contributed by atoms with Crippen LogP contribution in [0, 0.1) is 18.6 Å². The first-order valence-corrected chi connectivity index (χ1v) is 9.15. The molecule has 5 aromatic rings. The SMILES string of the molecule is Cc1cccc2[nH]c(-c3cc4c(C=Cc5ccc(F)cc5)n[nH]c4cc3F)nc12. The maximum absolute atomic E-state index is 14.8. The first kappa shape index (κ1) is 17.3. The Morgan fingerprint density at radius 2 is 1.76 bits per heavy atom. The molecule has 0 amide bonds. The standard InChI is InChI=1S/C23H16F2N4/c1-13-3-2-4-20-22(13)27-23(26-20)16-11-17-19(28-29-21(17)12-18(16)25)10-7-14-5-8-15(24)9-6-14/h2-12H,1H3,(H,26,27)(H,28,29). The average Bonchev–Trinajstić information content (AvgIpc) is 3.31. The summed E-state index contributed by atoms with van der Waals surface area (Å²) in [6.07, 6.45) is 3.65. The van der Waals surface area contributed by atoms with Gasteiger partial charge in [-0.3, -0.25) is 5.10 Å². The van der Waals surface area contributed by atoms with Crippen molar-refractivity contribution in [2.75, 3.05) is 0 Å². The van der Waals surface area contributed by atoms with Crippen molar-refractivity contribution < 1.29 is 8.78 Å². The van der Waals surface area contributed by atoms with E-state index in [2.05, 4.69) is 20.2 Å². The Morgan fingerprint density at radius 3 is 2.55 bits per heavy atom. The number of hydrogen-bond acceptors (Lipinski definition) is 2. The first-order chi connectivity index (χ1) is 14.1. The van der Waals surface area contributed by atoms with Crippen molar-refractivity contribution in [3.05, 3.63) is 83.1 Å². The van der Waals surface area contributed by atoms with Crippen LogP contribution in [0.4, 0.5) is 8.78 Å². The number of imidazole rings is 1. The fraction of sp³-hybridized carbons (Fsp3) is 0.0435. The summed E-state index contributed by atoms with van der Waals surface area (Å²) >= 11 is 0. The number of halogens is 2. The van der Waals surface area contributed by atoms with E-state index in [-0.39, 0.29) is 11.6 Å². The molecule has 0 atom stereocenters. The Labute approximate surface area is 164 Å². The normalized spacial score (nSPS) is 11.8. The molecule has 6 heteroatoms. The third-order valence-corrected chi connectivity index (χ3v) is 4.95. The molecule has 0 spiro atoms. The van der Waals surface area contributed by atoms with Gasteiger partial charge in [0.2, 0.25) is 0 Å². The topological polar surface area (TPSA) is 57.4 Å². The summed E-state index contributed by atoms with van der Waals surface area (Å²) in [6, 6.07) is 15.2. The number of benzene rings is 3. The maximum Gasteiger partial charge on any atom is 0.141 e. The van der Waals surface area contributed by atoms with Crippen LogP contribution in [0.1, 0.15) is 16.8 Å². The van der Waals surface area contributed by atoms with Gasteiger partial charge in [-0.1, -0.05) is 30.3 Å². The van der Waals surface area contributed by atoms with Crippen molar-refractivity contribution in [2.24, 2.45) is 0 Å². The number of nitrogens with zero attached hydrogens (tertiary/aromatic N) is 2. The van der Waals surface area contributed by atoms with E-state index in [9.17, 15) is 8.78 Å². The zero-order valence-electron chi connectivity index (χ0n) is 15.5. The van der Waals surface area contributed by atoms with Crippen molar-refractivity contribution in [1.29, 1.82) is 0 Å². The van der Waals surface area contributed by atoms with Crippen LogP contribution in [0.15, 0.2) is 54.6 Å². The monoisotopic (exact) mass is 386 g/mol. The molecule has 5 rings (SSSR count). The summed E-state index contributed by atoms with van der Waals surface area (Å²) in [5.74, 6) is -0.191. The molecule has 4 nitrogen and oxygen atoms in total. The second kappa shape index (κ2) is 6.67. The number of H-pyrrole nitrogens is 2. The van der Waals surface area contributed by atoms with Crippen LogP contribution >= 0.6 is 0 Å². The van der Waals surface area contributed by atoms with Crippen molar-refractivity contribution in [3.63, 3.8) is 0 Å². The number of hydrogen-bond donors (Lipinski definition) is 2. The molecule has 0 saturated carbocycles. The molecule has 0 aliphatic carbocycles. The molecule has 0 radical (unpaired) electrons. The predicted octanol–water partition coefficient (Wildman–Crippen LogP) is 5.86. The van der Waals surface area contributed by atoms with Crippen molar-refractivity contribution >= 4 is 34.1 Å². The van der Waals surface area contributed by atoms with E-state index in [4.69, 9.17) is 0 Å². The van der Waals surface area contributed by atoms with Crippen LogP contribution < -0.4 is 0 Å². The highest BCUT2D eigenvalue weighted by atomic mass is 19.1. The van der Waals surface area contributed by atoms with E-state index in [1.165, 1.54) is 18.2 Å². The lowest BCUT2D eigenvalue weighted by Crippen LogP contribution is -1.87. The lowest BCUT2D eigenvalue weighted by Gasteiger charge is -2.00. The summed E-state index contributed by atoms with van der Waals surface area (Å²) in [6.45, 7) is 1.97. The number of aryl methyl sites for hydroxylation is 1. The summed E-state index contributed by atoms with van der Waals surface area (Å²) in [5.41, 5.74) is 5.20. The van der Waals surface area contributed by atoms with E-state index in [0.717, 1.165) is 27.5 Å². The van der Waals surface area contributed by atoms with Crippen molar-refractivity contribution in [2.45, 2.75) is 6.92 Å². The van der Waals surface area contributed by atoms with E-state index in [1.807, 2.05) is 37.3 Å². The fourth-order valence-corrected chi connectivity index (χ4v) is 3.42. The third-order valence-electron chi connectivity index (χ3n) is 4.95. The van der Waals surface area contributed by atoms with Gasteiger partial charge in [-0.2, -0.15) is 5.10 Å². The minimum absolute atomic E-state index is 0.284. The van der Waals surface area contributed by atoms with E-state index in [1.54, 1.807) is 18.2 Å². The molecular formula is C23H16F2N4. The fourth-order valence-electron chi connectivity index (χ4n) is 3.42. The molecule has 3 aromatic carbocycles. The smallest absolute Gasteiger partial charge is 0.141 e. The summed E-state index contributed by atoms with van der Waals surface area (Å²) in [7, 11) is 0. The molecule has 29 heavy (non-hydrogen) atoms. The van der Waals surface area contributed by atoms with Crippen LogP contribution in [0.3, 0.4) is 0 Å². The Bertz CT molecular complexity index is 1380. The molecule has 2 aromatic heterocycles. The van der Waals surface area contributed by atoms with Gasteiger partial charge >= 0.3 is 0 Å². The van der Waals surface area contributed by atoms with Crippen LogP contribution in [0.2, 0.25) is 0 Å². The number of aromatic amines is 2.